The molecule has 6 heteroatoms. The molecule has 2 aliphatic rings. The van der Waals surface area contributed by atoms with E-state index in [0.717, 1.165) is 37.2 Å². The van der Waals surface area contributed by atoms with Gasteiger partial charge in [0.25, 0.3) is 0 Å². The van der Waals surface area contributed by atoms with E-state index in [2.05, 4.69) is 15.6 Å². The number of pyridine rings is 1. The molecule has 1 saturated heterocycles. The molecule has 3 rings (SSSR count). The van der Waals surface area contributed by atoms with Crippen molar-refractivity contribution < 1.29 is 9.59 Å². The Morgan fingerprint density at radius 3 is 3.04 bits per heavy atom. The molecule has 0 saturated carbocycles. The highest BCUT2D eigenvalue weighted by molar-refractivity contribution is 5.88. The van der Waals surface area contributed by atoms with Crippen LogP contribution in [0.4, 0.5) is 0 Å². The standard InChI is InChI=1S/C17H24N4O2/c1-11-15(14-5-6-18-8-13(14)9-19-11)10-20-17(23)12(2)21-7-3-4-16(21)22/h9,12,18H,3-8,10H2,1-2H3,(H,20,23). The van der Waals surface area contributed by atoms with Crippen LogP contribution in [0.15, 0.2) is 6.20 Å². The molecule has 1 aromatic rings. The Morgan fingerprint density at radius 1 is 1.48 bits per heavy atom. The van der Waals surface area contributed by atoms with Crippen LogP contribution in [0.3, 0.4) is 0 Å². The van der Waals surface area contributed by atoms with Gasteiger partial charge in [-0.15, -0.1) is 0 Å². The lowest BCUT2D eigenvalue weighted by Gasteiger charge is -2.25. The van der Waals surface area contributed by atoms with Gasteiger partial charge in [0, 0.05) is 37.9 Å². The first-order valence-corrected chi connectivity index (χ1v) is 8.32. The summed E-state index contributed by atoms with van der Waals surface area (Å²) in [6.45, 7) is 6.73. The van der Waals surface area contributed by atoms with Crippen LogP contribution in [0.5, 0.6) is 0 Å². The van der Waals surface area contributed by atoms with E-state index in [4.69, 9.17) is 0 Å². The normalized spacial score (nSPS) is 18.7. The van der Waals surface area contributed by atoms with Gasteiger partial charge in [0.05, 0.1) is 0 Å². The number of nitrogens with one attached hydrogen (secondary N) is 2. The molecular weight excluding hydrogens is 292 g/mol. The molecule has 1 unspecified atom stereocenters. The zero-order chi connectivity index (χ0) is 16.4. The fourth-order valence-electron chi connectivity index (χ4n) is 3.42. The van der Waals surface area contributed by atoms with Crippen molar-refractivity contribution >= 4 is 11.8 Å². The van der Waals surface area contributed by atoms with Crippen molar-refractivity contribution in [2.45, 2.75) is 52.2 Å². The first-order valence-electron chi connectivity index (χ1n) is 8.32. The van der Waals surface area contributed by atoms with Gasteiger partial charge in [-0.25, -0.2) is 0 Å². The monoisotopic (exact) mass is 316 g/mol. The number of hydrogen-bond acceptors (Lipinski definition) is 4. The van der Waals surface area contributed by atoms with Crippen molar-refractivity contribution in [2.75, 3.05) is 13.1 Å². The number of carbonyl (C=O) groups is 2. The van der Waals surface area contributed by atoms with Crippen molar-refractivity contribution in [3.05, 3.63) is 28.6 Å². The van der Waals surface area contributed by atoms with Gasteiger partial charge >= 0.3 is 0 Å². The molecule has 3 heterocycles. The van der Waals surface area contributed by atoms with Gasteiger partial charge < -0.3 is 15.5 Å². The number of fused-ring (bicyclic) bond motifs is 1. The topological polar surface area (TPSA) is 74.3 Å². The molecule has 2 amide bonds. The molecule has 6 nitrogen and oxygen atoms in total. The predicted molar refractivity (Wildman–Crippen MR) is 86.6 cm³/mol. The van der Waals surface area contributed by atoms with Crippen LogP contribution in [0, 0.1) is 6.92 Å². The smallest absolute Gasteiger partial charge is 0.242 e. The van der Waals surface area contributed by atoms with E-state index >= 15 is 0 Å². The van der Waals surface area contributed by atoms with E-state index in [1.165, 1.54) is 11.1 Å². The van der Waals surface area contributed by atoms with E-state index in [9.17, 15) is 9.59 Å². The molecule has 1 atom stereocenters. The Hall–Kier alpha value is -1.95. The molecule has 2 aliphatic heterocycles. The van der Waals surface area contributed by atoms with Gasteiger partial charge in [-0.1, -0.05) is 0 Å². The Labute approximate surface area is 136 Å². The molecule has 1 fully saturated rings. The van der Waals surface area contributed by atoms with Crippen LogP contribution in [-0.2, 0) is 29.1 Å². The van der Waals surface area contributed by atoms with Crippen molar-refractivity contribution in [3.63, 3.8) is 0 Å². The van der Waals surface area contributed by atoms with Crippen molar-refractivity contribution in [2.24, 2.45) is 0 Å². The quantitative estimate of drug-likeness (QED) is 0.856. The zero-order valence-electron chi connectivity index (χ0n) is 13.8. The first-order chi connectivity index (χ1) is 11.1. The second-order valence-electron chi connectivity index (χ2n) is 6.34. The highest BCUT2D eigenvalue weighted by Gasteiger charge is 2.29. The minimum absolute atomic E-state index is 0.0775. The van der Waals surface area contributed by atoms with Crippen LogP contribution in [-0.4, -0.2) is 40.8 Å². The highest BCUT2D eigenvalue weighted by atomic mass is 16.2. The first kappa shape index (κ1) is 15.9. The van der Waals surface area contributed by atoms with Crippen LogP contribution in [0.1, 0.15) is 42.1 Å². The summed E-state index contributed by atoms with van der Waals surface area (Å²) in [5.74, 6) is -0.0140. The third kappa shape index (κ3) is 3.22. The average Bonchev–Trinajstić information content (AvgIpc) is 2.99. The van der Waals surface area contributed by atoms with Gasteiger partial charge in [0.1, 0.15) is 6.04 Å². The summed E-state index contributed by atoms with van der Waals surface area (Å²) in [6, 6.07) is -0.403. The molecule has 23 heavy (non-hydrogen) atoms. The molecule has 0 aromatic carbocycles. The molecule has 0 radical (unpaired) electrons. The SMILES string of the molecule is Cc1ncc2c(c1CNC(=O)C(C)N1CCCC1=O)CCNC2. The minimum Gasteiger partial charge on any atom is -0.350 e. The summed E-state index contributed by atoms with van der Waals surface area (Å²) in [5.41, 5.74) is 4.61. The van der Waals surface area contributed by atoms with Gasteiger partial charge in [0.15, 0.2) is 0 Å². The fraction of sp³-hybridized carbons (Fsp3) is 0.588. The molecule has 0 bridgehead atoms. The van der Waals surface area contributed by atoms with Crippen LogP contribution in [0.25, 0.3) is 0 Å². The number of likely N-dealkylation sites (tertiary alicyclic amines) is 1. The number of hydrogen-bond donors (Lipinski definition) is 2. The number of aryl methyl sites for hydroxylation is 1. The lowest BCUT2D eigenvalue weighted by molar-refractivity contribution is -0.136. The molecular formula is C17H24N4O2. The van der Waals surface area contributed by atoms with E-state index in [-0.39, 0.29) is 11.8 Å². The van der Waals surface area contributed by atoms with Crippen molar-refractivity contribution in [1.29, 1.82) is 0 Å². The largest absolute Gasteiger partial charge is 0.350 e. The lowest BCUT2D eigenvalue weighted by atomic mass is 9.96. The maximum atomic E-state index is 12.4. The van der Waals surface area contributed by atoms with E-state index in [0.29, 0.717) is 19.5 Å². The van der Waals surface area contributed by atoms with Crippen molar-refractivity contribution in [1.82, 2.24) is 20.5 Å². The second kappa shape index (κ2) is 6.66. The van der Waals surface area contributed by atoms with E-state index in [1.807, 2.05) is 13.1 Å². The minimum atomic E-state index is -0.403. The molecule has 0 spiro atoms. The Morgan fingerprint density at radius 2 is 2.30 bits per heavy atom. The molecule has 124 valence electrons. The van der Waals surface area contributed by atoms with Crippen molar-refractivity contribution in [3.8, 4) is 0 Å². The average molecular weight is 316 g/mol. The number of carbonyl (C=O) groups excluding carboxylic acids is 2. The van der Waals surface area contributed by atoms with Crippen LogP contribution >= 0.6 is 0 Å². The predicted octanol–water partition coefficient (Wildman–Crippen LogP) is 0.663. The van der Waals surface area contributed by atoms with E-state index in [1.54, 1.807) is 11.8 Å². The highest BCUT2D eigenvalue weighted by Crippen LogP contribution is 2.20. The summed E-state index contributed by atoms with van der Waals surface area (Å²) in [5, 5.41) is 6.34. The summed E-state index contributed by atoms with van der Waals surface area (Å²) in [6.07, 6.45) is 4.29. The number of amides is 2. The summed E-state index contributed by atoms with van der Waals surface area (Å²) in [7, 11) is 0. The summed E-state index contributed by atoms with van der Waals surface area (Å²) in [4.78, 5) is 30.3. The van der Waals surface area contributed by atoms with Gasteiger partial charge in [-0.05, 0) is 49.9 Å². The lowest BCUT2D eigenvalue weighted by Crippen LogP contribution is -2.45. The second-order valence-corrected chi connectivity index (χ2v) is 6.34. The van der Waals surface area contributed by atoms with Gasteiger partial charge in [-0.3, -0.25) is 14.6 Å². The van der Waals surface area contributed by atoms with Gasteiger partial charge in [-0.2, -0.15) is 0 Å². The fourth-order valence-corrected chi connectivity index (χ4v) is 3.42. The third-order valence-corrected chi connectivity index (χ3v) is 4.87. The molecule has 1 aromatic heterocycles. The Balaban J connectivity index is 1.68. The Kier molecular flexibility index (Phi) is 4.61. The Bertz CT molecular complexity index is 629. The number of nitrogens with zero attached hydrogens (tertiary/aromatic N) is 2. The maximum absolute atomic E-state index is 12.4. The maximum Gasteiger partial charge on any atom is 0.242 e. The molecule has 2 N–H and O–H groups in total. The third-order valence-electron chi connectivity index (χ3n) is 4.87. The number of aromatic nitrogens is 1. The van der Waals surface area contributed by atoms with Crippen LogP contribution in [0.2, 0.25) is 0 Å². The van der Waals surface area contributed by atoms with Gasteiger partial charge in [0.2, 0.25) is 11.8 Å². The number of rotatable bonds is 4. The van der Waals surface area contributed by atoms with Crippen LogP contribution < -0.4 is 10.6 Å². The zero-order valence-corrected chi connectivity index (χ0v) is 13.8. The summed E-state index contributed by atoms with van der Waals surface area (Å²) < 4.78 is 0. The molecule has 0 aliphatic carbocycles. The van der Waals surface area contributed by atoms with E-state index < -0.39 is 6.04 Å². The summed E-state index contributed by atoms with van der Waals surface area (Å²) >= 11 is 0.